The standard InChI is InChI=1S/C19H18FN7O2/c20-15-5-1-2-6-16(15)25-8-10-26(11-9-25)19-17(27(28)29)18(22-13-23-19)24-14-4-3-7-21-12-14/h1-7,12-13H,8-11H2,(H,22,23,24). The summed E-state index contributed by atoms with van der Waals surface area (Å²) in [5.74, 6) is 0.0611. The average Bonchev–Trinajstić information content (AvgIpc) is 2.75. The fourth-order valence-corrected chi connectivity index (χ4v) is 3.30. The van der Waals surface area contributed by atoms with E-state index in [1.807, 2.05) is 9.80 Å². The first-order chi connectivity index (χ1) is 14.1. The normalized spacial score (nSPS) is 14.0. The van der Waals surface area contributed by atoms with Crippen molar-refractivity contribution in [3.8, 4) is 0 Å². The minimum atomic E-state index is -0.489. The van der Waals surface area contributed by atoms with Crippen LogP contribution in [0.1, 0.15) is 0 Å². The van der Waals surface area contributed by atoms with Gasteiger partial charge in [0.1, 0.15) is 12.1 Å². The van der Waals surface area contributed by atoms with Crippen LogP contribution >= 0.6 is 0 Å². The molecule has 4 rings (SSSR count). The largest absolute Gasteiger partial charge is 0.366 e. The Kier molecular flexibility index (Phi) is 5.14. The lowest BCUT2D eigenvalue weighted by Gasteiger charge is -2.36. The van der Waals surface area contributed by atoms with Gasteiger partial charge >= 0.3 is 5.69 Å². The van der Waals surface area contributed by atoms with Crippen molar-refractivity contribution in [1.29, 1.82) is 0 Å². The van der Waals surface area contributed by atoms with Gasteiger partial charge in [0.05, 0.1) is 22.5 Å². The van der Waals surface area contributed by atoms with E-state index in [4.69, 9.17) is 0 Å². The van der Waals surface area contributed by atoms with E-state index in [0.29, 0.717) is 37.6 Å². The molecule has 0 aliphatic carbocycles. The summed E-state index contributed by atoms with van der Waals surface area (Å²) >= 11 is 0. The molecule has 0 bridgehead atoms. The summed E-state index contributed by atoms with van der Waals surface area (Å²) in [6, 6.07) is 10.1. The first-order valence-corrected chi connectivity index (χ1v) is 9.04. The van der Waals surface area contributed by atoms with Crippen molar-refractivity contribution in [2.75, 3.05) is 41.3 Å². The fourth-order valence-electron chi connectivity index (χ4n) is 3.30. The second kappa shape index (κ2) is 8.05. The lowest BCUT2D eigenvalue weighted by molar-refractivity contribution is -0.383. The summed E-state index contributed by atoms with van der Waals surface area (Å²) in [6.07, 6.45) is 4.46. The van der Waals surface area contributed by atoms with Crippen LogP contribution in [-0.4, -0.2) is 46.1 Å². The number of nitro groups is 1. The highest BCUT2D eigenvalue weighted by Gasteiger charge is 2.29. The Labute approximate surface area is 166 Å². The molecule has 3 heterocycles. The van der Waals surface area contributed by atoms with Gasteiger partial charge in [-0.1, -0.05) is 12.1 Å². The summed E-state index contributed by atoms with van der Waals surface area (Å²) in [6.45, 7) is 1.98. The van der Waals surface area contributed by atoms with Crippen molar-refractivity contribution in [1.82, 2.24) is 15.0 Å². The van der Waals surface area contributed by atoms with Gasteiger partial charge in [0.2, 0.25) is 11.6 Å². The number of hydrogen-bond donors (Lipinski definition) is 1. The first-order valence-electron chi connectivity index (χ1n) is 9.04. The van der Waals surface area contributed by atoms with Gasteiger partial charge in [0.15, 0.2) is 0 Å². The van der Waals surface area contributed by atoms with E-state index < -0.39 is 4.92 Å². The molecule has 1 aromatic carbocycles. The van der Waals surface area contributed by atoms with Gasteiger partial charge < -0.3 is 15.1 Å². The molecule has 1 N–H and O–H groups in total. The highest BCUT2D eigenvalue weighted by Crippen LogP contribution is 2.34. The number of anilines is 4. The maximum atomic E-state index is 14.0. The molecule has 0 unspecified atom stereocenters. The third-order valence-electron chi connectivity index (χ3n) is 4.68. The smallest absolute Gasteiger partial charge is 0.353 e. The number of piperazine rings is 1. The molecule has 148 valence electrons. The van der Waals surface area contributed by atoms with Crippen LogP contribution in [0.4, 0.5) is 33.1 Å². The number of rotatable bonds is 5. The van der Waals surface area contributed by atoms with Crippen molar-refractivity contribution < 1.29 is 9.31 Å². The number of nitrogens with zero attached hydrogens (tertiary/aromatic N) is 6. The van der Waals surface area contributed by atoms with Crippen LogP contribution in [0.3, 0.4) is 0 Å². The van der Waals surface area contributed by atoms with Gasteiger partial charge in [0.25, 0.3) is 0 Å². The fraction of sp³-hybridized carbons (Fsp3) is 0.211. The molecule has 0 atom stereocenters. The molecular formula is C19H18FN7O2. The summed E-state index contributed by atoms with van der Waals surface area (Å²) in [4.78, 5) is 27.3. The molecule has 10 heteroatoms. The lowest BCUT2D eigenvalue weighted by Crippen LogP contribution is -2.47. The number of benzene rings is 1. The molecule has 0 radical (unpaired) electrons. The number of halogens is 1. The van der Waals surface area contributed by atoms with E-state index in [1.165, 1.54) is 12.4 Å². The van der Waals surface area contributed by atoms with E-state index in [1.54, 1.807) is 42.7 Å². The highest BCUT2D eigenvalue weighted by molar-refractivity contribution is 5.74. The van der Waals surface area contributed by atoms with Crippen LogP contribution in [-0.2, 0) is 0 Å². The van der Waals surface area contributed by atoms with E-state index in [9.17, 15) is 14.5 Å². The van der Waals surface area contributed by atoms with Crippen molar-refractivity contribution >= 4 is 28.7 Å². The van der Waals surface area contributed by atoms with Crippen molar-refractivity contribution in [2.24, 2.45) is 0 Å². The molecule has 1 aliphatic rings. The molecule has 0 saturated carbocycles. The second-order valence-electron chi connectivity index (χ2n) is 6.44. The molecule has 1 saturated heterocycles. The zero-order valence-electron chi connectivity index (χ0n) is 15.4. The monoisotopic (exact) mass is 395 g/mol. The third kappa shape index (κ3) is 3.91. The van der Waals surface area contributed by atoms with Crippen LogP contribution in [0.25, 0.3) is 0 Å². The van der Waals surface area contributed by atoms with E-state index in [-0.39, 0.29) is 23.1 Å². The van der Waals surface area contributed by atoms with Crippen LogP contribution in [0.15, 0.2) is 55.1 Å². The van der Waals surface area contributed by atoms with Crippen LogP contribution in [0.2, 0.25) is 0 Å². The number of para-hydroxylation sites is 1. The average molecular weight is 395 g/mol. The van der Waals surface area contributed by atoms with E-state index in [2.05, 4.69) is 20.3 Å². The quantitative estimate of drug-likeness (QED) is 0.520. The summed E-state index contributed by atoms with van der Waals surface area (Å²) in [5, 5.41) is 14.7. The predicted octanol–water partition coefficient (Wildman–Crippen LogP) is 2.99. The highest BCUT2D eigenvalue weighted by atomic mass is 19.1. The number of nitrogens with one attached hydrogen (secondary N) is 1. The SMILES string of the molecule is O=[N+]([O-])c1c(Nc2cccnc2)ncnc1N1CCN(c2ccccc2F)CC1. The molecule has 29 heavy (non-hydrogen) atoms. The van der Waals surface area contributed by atoms with Gasteiger partial charge in [-0.3, -0.25) is 15.1 Å². The first kappa shape index (κ1) is 18.5. The Morgan fingerprint density at radius 1 is 1.03 bits per heavy atom. The summed E-state index contributed by atoms with van der Waals surface area (Å²) in [7, 11) is 0. The molecular weight excluding hydrogens is 377 g/mol. The van der Waals surface area contributed by atoms with Crippen molar-refractivity contribution in [2.45, 2.75) is 0 Å². The van der Waals surface area contributed by atoms with Crippen molar-refractivity contribution in [3.63, 3.8) is 0 Å². The summed E-state index contributed by atoms with van der Waals surface area (Å²) in [5.41, 5.74) is 0.920. The zero-order valence-corrected chi connectivity index (χ0v) is 15.4. The van der Waals surface area contributed by atoms with Crippen LogP contribution < -0.4 is 15.1 Å². The maximum absolute atomic E-state index is 14.0. The van der Waals surface area contributed by atoms with E-state index >= 15 is 0 Å². The second-order valence-corrected chi connectivity index (χ2v) is 6.44. The predicted molar refractivity (Wildman–Crippen MR) is 107 cm³/mol. The van der Waals surface area contributed by atoms with Gasteiger partial charge in [0, 0.05) is 32.4 Å². The van der Waals surface area contributed by atoms with Gasteiger partial charge in [-0.15, -0.1) is 0 Å². The van der Waals surface area contributed by atoms with Gasteiger partial charge in [-0.2, -0.15) is 0 Å². The molecule has 3 aromatic rings. The molecule has 9 nitrogen and oxygen atoms in total. The third-order valence-corrected chi connectivity index (χ3v) is 4.68. The van der Waals surface area contributed by atoms with Crippen LogP contribution in [0, 0.1) is 15.9 Å². The number of aromatic nitrogens is 3. The van der Waals surface area contributed by atoms with Gasteiger partial charge in [-0.25, -0.2) is 14.4 Å². The summed E-state index contributed by atoms with van der Waals surface area (Å²) < 4.78 is 14.0. The van der Waals surface area contributed by atoms with E-state index in [0.717, 1.165) is 0 Å². The molecule has 0 spiro atoms. The van der Waals surface area contributed by atoms with Crippen LogP contribution in [0.5, 0.6) is 0 Å². The number of hydrogen-bond acceptors (Lipinski definition) is 8. The Balaban J connectivity index is 1.57. The zero-order chi connectivity index (χ0) is 20.2. The minimum Gasteiger partial charge on any atom is -0.366 e. The lowest BCUT2D eigenvalue weighted by atomic mass is 10.2. The van der Waals surface area contributed by atoms with Gasteiger partial charge in [-0.05, 0) is 24.3 Å². The molecule has 1 aliphatic heterocycles. The Hall–Kier alpha value is -3.82. The molecule has 2 aromatic heterocycles. The number of pyridine rings is 1. The Morgan fingerprint density at radius 3 is 2.48 bits per heavy atom. The minimum absolute atomic E-state index is 0.101. The molecule has 1 fully saturated rings. The van der Waals surface area contributed by atoms with Crippen molar-refractivity contribution in [3.05, 3.63) is 71.1 Å². The molecule has 0 amide bonds. The maximum Gasteiger partial charge on any atom is 0.353 e. The Morgan fingerprint density at radius 2 is 1.79 bits per heavy atom. The Bertz CT molecular complexity index is 1010. The topological polar surface area (TPSA) is 100 Å².